The lowest BCUT2D eigenvalue weighted by molar-refractivity contribution is 0.0687. The van der Waals surface area contributed by atoms with Crippen molar-refractivity contribution in [1.82, 2.24) is 14.3 Å². The zero-order valence-electron chi connectivity index (χ0n) is 11.2. The lowest BCUT2D eigenvalue weighted by Gasteiger charge is -2.15. The summed E-state index contributed by atoms with van der Waals surface area (Å²) in [5, 5.41) is 18.5. The molecule has 0 bridgehead atoms. The number of carboxylic acid groups (broad SMARTS) is 1. The first kappa shape index (κ1) is 14.5. The average Bonchev–Trinajstić information content (AvgIpc) is 2.82. The minimum Gasteiger partial charge on any atom is -0.501 e. The zero-order chi connectivity index (χ0) is 14.9. The highest BCUT2D eigenvalue weighted by atomic mass is 32.1. The number of rotatable bonds is 5. The van der Waals surface area contributed by atoms with Crippen LogP contribution < -0.4 is 5.56 Å². The van der Waals surface area contributed by atoms with Crippen molar-refractivity contribution in [2.75, 3.05) is 13.1 Å². The van der Waals surface area contributed by atoms with E-state index < -0.39 is 23.0 Å². The van der Waals surface area contributed by atoms with E-state index in [1.807, 2.05) is 13.8 Å². The van der Waals surface area contributed by atoms with E-state index in [9.17, 15) is 14.7 Å². The normalized spacial score (nSPS) is 11.3. The standard InChI is InChI=1S/C12H15N3O4S/c1-3-14(4-2)5-7-6-15-10(17)9(16)8(11(18)19)13-12(15)20-7/h6,16H,3-5H2,1-2H3,(H,18,19). The third kappa shape index (κ3) is 2.52. The maximum Gasteiger partial charge on any atom is 0.358 e. The van der Waals surface area contributed by atoms with E-state index in [0.29, 0.717) is 6.54 Å². The van der Waals surface area contributed by atoms with Gasteiger partial charge in [0, 0.05) is 17.6 Å². The zero-order valence-corrected chi connectivity index (χ0v) is 12.0. The minimum absolute atomic E-state index is 0.271. The second kappa shape index (κ2) is 5.59. The Morgan fingerprint density at radius 2 is 2.10 bits per heavy atom. The van der Waals surface area contributed by atoms with Crippen LogP contribution in [0.2, 0.25) is 0 Å². The van der Waals surface area contributed by atoms with Crippen molar-refractivity contribution in [3.05, 3.63) is 27.1 Å². The van der Waals surface area contributed by atoms with Crippen LogP contribution in [0.3, 0.4) is 0 Å². The summed E-state index contributed by atoms with van der Waals surface area (Å²) in [6.07, 6.45) is 1.60. The average molecular weight is 297 g/mol. The number of fused-ring (bicyclic) bond motifs is 1. The highest BCUT2D eigenvalue weighted by Gasteiger charge is 2.19. The molecular formula is C12H15N3O4S. The highest BCUT2D eigenvalue weighted by Crippen LogP contribution is 2.19. The lowest BCUT2D eigenvalue weighted by Crippen LogP contribution is -2.21. The van der Waals surface area contributed by atoms with Crippen molar-refractivity contribution in [3.8, 4) is 5.75 Å². The number of thiazole rings is 1. The van der Waals surface area contributed by atoms with E-state index in [1.165, 1.54) is 15.7 Å². The van der Waals surface area contributed by atoms with Crippen LogP contribution >= 0.6 is 11.3 Å². The molecule has 2 rings (SSSR count). The molecule has 0 aliphatic rings. The van der Waals surface area contributed by atoms with Gasteiger partial charge in [0.2, 0.25) is 5.75 Å². The van der Waals surface area contributed by atoms with Crippen molar-refractivity contribution in [2.45, 2.75) is 20.4 Å². The molecule has 7 nitrogen and oxygen atoms in total. The van der Waals surface area contributed by atoms with E-state index in [1.54, 1.807) is 6.20 Å². The predicted molar refractivity (Wildman–Crippen MR) is 74.6 cm³/mol. The highest BCUT2D eigenvalue weighted by molar-refractivity contribution is 7.17. The number of nitrogens with zero attached hydrogens (tertiary/aromatic N) is 3. The van der Waals surface area contributed by atoms with Gasteiger partial charge in [-0.25, -0.2) is 9.78 Å². The first-order valence-electron chi connectivity index (χ1n) is 6.17. The molecule has 2 aromatic heterocycles. The number of aromatic nitrogens is 2. The molecule has 8 heteroatoms. The molecule has 0 saturated carbocycles. The van der Waals surface area contributed by atoms with Gasteiger partial charge in [0.1, 0.15) is 0 Å². The number of carbonyl (C=O) groups is 1. The summed E-state index contributed by atoms with van der Waals surface area (Å²) in [4.78, 5) is 30.0. The summed E-state index contributed by atoms with van der Waals surface area (Å²) in [5.41, 5.74) is -1.36. The number of hydrogen-bond acceptors (Lipinski definition) is 6. The van der Waals surface area contributed by atoms with Crippen LogP contribution in [0.4, 0.5) is 0 Å². The number of carboxylic acids is 1. The number of aromatic hydroxyl groups is 1. The van der Waals surface area contributed by atoms with Crippen LogP contribution in [0.1, 0.15) is 29.2 Å². The van der Waals surface area contributed by atoms with Crippen LogP contribution in [0.5, 0.6) is 5.75 Å². The van der Waals surface area contributed by atoms with Gasteiger partial charge in [-0.2, -0.15) is 0 Å². The smallest absolute Gasteiger partial charge is 0.358 e. The summed E-state index contributed by atoms with van der Waals surface area (Å²) >= 11 is 1.25. The van der Waals surface area contributed by atoms with E-state index >= 15 is 0 Å². The van der Waals surface area contributed by atoms with Gasteiger partial charge in [-0.1, -0.05) is 25.2 Å². The molecule has 108 valence electrons. The summed E-state index contributed by atoms with van der Waals surface area (Å²) in [5.74, 6) is -2.25. The van der Waals surface area contributed by atoms with Gasteiger partial charge in [-0.15, -0.1) is 0 Å². The fraction of sp³-hybridized carbons (Fsp3) is 0.417. The SMILES string of the molecule is CCN(CC)Cc1cn2c(=O)c(O)c(C(=O)O)nc2s1. The number of aromatic carboxylic acids is 1. The molecule has 2 N–H and O–H groups in total. The monoisotopic (exact) mass is 297 g/mol. The fourth-order valence-corrected chi connectivity index (χ4v) is 2.88. The van der Waals surface area contributed by atoms with E-state index in [0.717, 1.165) is 18.0 Å². The Labute approximate surface area is 118 Å². The van der Waals surface area contributed by atoms with Gasteiger partial charge in [0.05, 0.1) is 0 Å². The van der Waals surface area contributed by atoms with Crippen LogP contribution in [-0.4, -0.2) is 43.6 Å². The first-order chi connectivity index (χ1) is 9.47. The van der Waals surface area contributed by atoms with Crippen molar-refractivity contribution >= 4 is 22.3 Å². The minimum atomic E-state index is -1.42. The van der Waals surface area contributed by atoms with Gasteiger partial charge < -0.3 is 10.2 Å². The number of hydrogen-bond donors (Lipinski definition) is 2. The molecule has 20 heavy (non-hydrogen) atoms. The van der Waals surface area contributed by atoms with E-state index in [2.05, 4.69) is 9.88 Å². The lowest BCUT2D eigenvalue weighted by atomic mass is 10.4. The summed E-state index contributed by atoms with van der Waals surface area (Å²) in [7, 11) is 0. The Balaban J connectivity index is 2.51. The molecular weight excluding hydrogens is 282 g/mol. The molecule has 0 fully saturated rings. The van der Waals surface area contributed by atoms with Crippen molar-refractivity contribution in [3.63, 3.8) is 0 Å². The molecule has 0 spiro atoms. The Bertz CT molecular complexity index is 703. The molecule has 0 aliphatic heterocycles. The molecule has 2 heterocycles. The molecule has 0 aromatic carbocycles. The van der Waals surface area contributed by atoms with Crippen molar-refractivity contribution in [1.29, 1.82) is 0 Å². The van der Waals surface area contributed by atoms with Crippen LogP contribution in [0, 0.1) is 0 Å². The maximum absolute atomic E-state index is 11.9. The van der Waals surface area contributed by atoms with Gasteiger partial charge in [0.25, 0.3) is 0 Å². The molecule has 0 aliphatic carbocycles. The topological polar surface area (TPSA) is 95.1 Å². The van der Waals surface area contributed by atoms with Gasteiger partial charge >= 0.3 is 11.5 Å². The van der Waals surface area contributed by atoms with E-state index in [4.69, 9.17) is 5.11 Å². The molecule has 0 saturated heterocycles. The first-order valence-corrected chi connectivity index (χ1v) is 6.99. The third-order valence-electron chi connectivity index (χ3n) is 3.03. The van der Waals surface area contributed by atoms with Gasteiger partial charge in [-0.3, -0.25) is 14.1 Å². The Hall–Kier alpha value is -1.93. The summed E-state index contributed by atoms with van der Waals surface area (Å²) < 4.78 is 1.19. The molecule has 0 radical (unpaired) electrons. The Kier molecular flexibility index (Phi) is 4.05. The molecule has 2 aromatic rings. The van der Waals surface area contributed by atoms with Crippen LogP contribution in [0.25, 0.3) is 4.96 Å². The predicted octanol–water partition coefficient (Wildman–Crippen LogP) is 1.00. The quantitative estimate of drug-likeness (QED) is 0.855. The van der Waals surface area contributed by atoms with Crippen molar-refractivity contribution < 1.29 is 15.0 Å². The van der Waals surface area contributed by atoms with Crippen LogP contribution in [-0.2, 0) is 6.54 Å². The Morgan fingerprint density at radius 1 is 1.45 bits per heavy atom. The molecule has 0 atom stereocenters. The largest absolute Gasteiger partial charge is 0.501 e. The second-order valence-corrected chi connectivity index (χ2v) is 5.32. The molecule has 0 amide bonds. The summed E-state index contributed by atoms with van der Waals surface area (Å²) in [6.45, 7) is 6.48. The van der Waals surface area contributed by atoms with E-state index in [-0.39, 0.29) is 4.96 Å². The van der Waals surface area contributed by atoms with Crippen LogP contribution in [0.15, 0.2) is 11.0 Å². The van der Waals surface area contributed by atoms with Gasteiger partial charge in [-0.05, 0) is 13.1 Å². The maximum atomic E-state index is 11.9. The Morgan fingerprint density at radius 3 is 2.65 bits per heavy atom. The second-order valence-electron chi connectivity index (χ2n) is 4.23. The van der Waals surface area contributed by atoms with Gasteiger partial charge in [0.15, 0.2) is 10.7 Å². The molecule has 0 unspecified atom stereocenters. The fourth-order valence-electron chi connectivity index (χ4n) is 1.87. The third-order valence-corrected chi connectivity index (χ3v) is 4.00. The van der Waals surface area contributed by atoms with Crippen molar-refractivity contribution in [2.24, 2.45) is 0 Å². The summed E-state index contributed by atoms with van der Waals surface area (Å²) in [6, 6.07) is 0.